The molecule has 5 heteroatoms. The number of aryl methyl sites for hydroxylation is 1. The Morgan fingerprint density at radius 1 is 1.62 bits per heavy atom. The van der Waals surface area contributed by atoms with E-state index in [1.807, 2.05) is 31.9 Å². The van der Waals surface area contributed by atoms with Crippen molar-refractivity contribution in [1.82, 2.24) is 10.3 Å². The molecule has 88 valence electrons. The van der Waals surface area contributed by atoms with E-state index in [0.717, 1.165) is 15.9 Å². The number of carbonyl (C=O) groups excluding carboxylic acids is 1. The summed E-state index contributed by atoms with van der Waals surface area (Å²) in [7, 11) is 1.86. The molecule has 1 aromatic heterocycles. The summed E-state index contributed by atoms with van der Waals surface area (Å²) in [6.07, 6.45) is 1.73. The van der Waals surface area contributed by atoms with E-state index in [2.05, 4.69) is 26.2 Å². The first kappa shape index (κ1) is 13.0. The van der Waals surface area contributed by atoms with Crippen LogP contribution in [0, 0.1) is 6.92 Å². The number of nitrogens with zero attached hydrogens (tertiary/aromatic N) is 2. The maximum Gasteiger partial charge on any atom is 0.239 e. The van der Waals surface area contributed by atoms with Crippen molar-refractivity contribution < 1.29 is 4.79 Å². The zero-order valence-corrected chi connectivity index (χ0v) is 11.3. The number of carbonyl (C=O) groups is 1. The van der Waals surface area contributed by atoms with Gasteiger partial charge < -0.3 is 10.2 Å². The van der Waals surface area contributed by atoms with Gasteiger partial charge >= 0.3 is 0 Å². The monoisotopic (exact) mass is 285 g/mol. The Bertz CT molecular complexity index is 381. The first-order valence-corrected chi connectivity index (χ1v) is 5.94. The number of rotatable bonds is 4. The van der Waals surface area contributed by atoms with Gasteiger partial charge in [-0.2, -0.15) is 0 Å². The number of aromatic nitrogens is 1. The van der Waals surface area contributed by atoms with E-state index < -0.39 is 0 Å². The lowest BCUT2D eigenvalue weighted by Gasteiger charge is -2.19. The Morgan fingerprint density at radius 2 is 2.31 bits per heavy atom. The SMILES string of the molecule is CCNC(=O)CN(C)c1ncc(Br)cc1C. The second kappa shape index (κ2) is 5.84. The minimum atomic E-state index is 0.00844. The highest BCUT2D eigenvalue weighted by atomic mass is 79.9. The van der Waals surface area contributed by atoms with Crippen molar-refractivity contribution in [3.8, 4) is 0 Å². The molecule has 0 aliphatic heterocycles. The van der Waals surface area contributed by atoms with Crippen LogP contribution in [0.1, 0.15) is 12.5 Å². The normalized spacial score (nSPS) is 10.0. The molecule has 0 saturated heterocycles. The maximum atomic E-state index is 11.4. The van der Waals surface area contributed by atoms with Crippen LogP contribution in [0.4, 0.5) is 5.82 Å². The number of halogens is 1. The fraction of sp³-hybridized carbons (Fsp3) is 0.455. The molecule has 1 N–H and O–H groups in total. The second-order valence-corrected chi connectivity index (χ2v) is 4.52. The molecular weight excluding hydrogens is 270 g/mol. The smallest absolute Gasteiger partial charge is 0.239 e. The molecule has 0 aromatic carbocycles. The van der Waals surface area contributed by atoms with Gasteiger partial charge in [-0.05, 0) is 41.4 Å². The Morgan fingerprint density at radius 3 is 2.88 bits per heavy atom. The van der Waals surface area contributed by atoms with Crippen LogP contribution < -0.4 is 10.2 Å². The summed E-state index contributed by atoms with van der Waals surface area (Å²) in [4.78, 5) is 17.5. The molecule has 0 aliphatic rings. The van der Waals surface area contributed by atoms with Crippen LogP contribution in [-0.2, 0) is 4.79 Å². The fourth-order valence-electron chi connectivity index (χ4n) is 1.48. The minimum Gasteiger partial charge on any atom is -0.355 e. The first-order valence-electron chi connectivity index (χ1n) is 5.14. The third-order valence-corrected chi connectivity index (χ3v) is 2.57. The fourth-order valence-corrected chi connectivity index (χ4v) is 1.92. The van der Waals surface area contributed by atoms with Crippen molar-refractivity contribution >= 4 is 27.7 Å². The van der Waals surface area contributed by atoms with Crippen LogP contribution in [0.5, 0.6) is 0 Å². The average molecular weight is 286 g/mol. The maximum absolute atomic E-state index is 11.4. The molecule has 0 spiro atoms. The minimum absolute atomic E-state index is 0.00844. The molecular formula is C11H16BrN3O. The van der Waals surface area contributed by atoms with Crippen molar-refractivity contribution in [1.29, 1.82) is 0 Å². The zero-order chi connectivity index (χ0) is 12.1. The van der Waals surface area contributed by atoms with Gasteiger partial charge in [0.2, 0.25) is 5.91 Å². The van der Waals surface area contributed by atoms with Gasteiger partial charge in [0.1, 0.15) is 5.82 Å². The number of amides is 1. The molecule has 1 amide bonds. The summed E-state index contributed by atoms with van der Waals surface area (Å²) >= 11 is 3.36. The third kappa shape index (κ3) is 3.48. The molecule has 1 aromatic rings. The summed E-state index contributed by atoms with van der Waals surface area (Å²) in [6.45, 7) is 4.85. The summed E-state index contributed by atoms with van der Waals surface area (Å²) in [5.41, 5.74) is 1.04. The molecule has 0 aliphatic carbocycles. The molecule has 0 atom stereocenters. The number of likely N-dealkylation sites (N-methyl/N-ethyl adjacent to an activating group) is 2. The Labute approximate surface area is 104 Å². The summed E-state index contributed by atoms with van der Waals surface area (Å²) in [6, 6.07) is 1.98. The zero-order valence-electron chi connectivity index (χ0n) is 9.75. The van der Waals surface area contributed by atoms with E-state index >= 15 is 0 Å². The highest BCUT2D eigenvalue weighted by Gasteiger charge is 2.10. The van der Waals surface area contributed by atoms with Crippen molar-refractivity contribution in [2.45, 2.75) is 13.8 Å². The van der Waals surface area contributed by atoms with Crippen molar-refractivity contribution in [3.05, 3.63) is 22.3 Å². The molecule has 0 fully saturated rings. The van der Waals surface area contributed by atoms with Crippen LogP contribution in [0.3, 0.4) is 0 Å². The van der Waals surface area contributed by atoms with Gasteiger partial charge in [0.25, 0.3) is 0 Å². The molecule has 1 heterocycles. The highest BCUT2D eigenvalue weighted by Crippen LogP contribution is 2.19. The Hall–Kier alpha value is -1.10. The summed E-state index contributed by atoms with van der Waals surface area (Å²) in [5, 5.41) is 2.76. The standard InChI is InChI=1S/C11H16BrN3O/c1-4-13-10(16)7-15(3)11-8(2)5-9(12)6-14-11/h5-6H,4,7H2,1-3H3,(H,13,16). The molecule has 0 unspecified atom stereocenters. The predicted molar refractivity (Wildman–Crippen MR) is 68.6 cm³/mol. The number of hydrogen-bond acceptors (Lipinski definition) is 3. The van der Waals surface area contributed by atoms with Gasteiger partial charge in [-0.3, -0.25) is 4.79 Å². The van der Waals surface area contributed by atoms with Crippen LogP contribution in [0.2, 0.25) is 0 Å². The third-order valence-electron chi connectivity index (χ3n) is 2.13. The number of anilines is 1. The van der Waals surface area contributed by atoms with Crippen molar-refractivity contribution in [2.75, 3.05) is 25.0 Å². The Kier molecular flexibility index (Phi) is 4.73. The number of hydrogen-bond donors (Lipinski definition) is 1. The highest BCUT2D eigenvalue weighted by molar-refractivity contribution is 9.10. The van der Waals surface area contributed by atoms with E-state index in [9.17, 15) is 4.79 Å². The van der Waals surface area contributed by atoms with E-state index in [0.29, 0.717) is 13.1 Å². The average Bonchev–Trinajstić information content (AvgIpc) is 2.17. The predicted octanol–water partition coefficient (Wildman–Crippen LogP) is 1.72. The lowest BCUT2D eigenvalue weighted by molar-refractivity contribution is -0.119. The topological polar surface area (TPSA) is 45.2 Å². The number of nitrogens with one attached hydrogen (secondary N) is 1. The second-order valence-electron chi connectivity index (χ2n) is 3.60. The summed E-state index contributed by atoms with van der Waals surface area (Å²) in [5.74, 6) is 0.837. The largest absolute Gasteiger partial charge is 0.355 e. The molecule has 1 rings (SSSR count). The van der Waals surface area contributed by atoms with Crippen LogP contribution in [0.25, 0.3) is 0 Å². The van der Waals surface area contributed by atoms with E-state index in [1.165, 1.54) is 0 Å². The van der Waals surface area contributed by atoms with Gasteiger partial charge in [-0.15, -0.1) is 0 Å². The lowest BCUT2D eigenvalue weighted by atomic mass is 10.3. The van der Waals surface area contributed by atoms with Crippen LogP contribution in [-0.4, -0.2) is 31.0 Å². The van der Waals surface area contributed by atoms with E-state index in [-0.39, 0.29) is 5.91 Å². The van der Waals surface area contributed by atoms with Gasteiger partial charge in [0.05, 0.1) is 6.54 Å². The lowest BCUT2D eigenvalue weighted by Crippen LogP contribution is -2.35. The Balaban J connectivity index is 2.72. The van der Waals surface area contributed by atoms with Gasteiger partial charge in [-0.1, -0.05) is 0 Å². The van der Waals surface area contributed by atoms with E-state index in [1.54, 1.807) is 6.20 Å². The van der Waals surface area contributed by atoms with Crippen molar-refractivity contribution in [3.63, 3.8) is 0 Å². The van der Waals surface area contributed by atoms with Gasteiger partial charge in [0.15, 0.2) is 0 Å². The summed E-state index contributed by atoms with van der Waals surface area (Å²) < 4.78 is 0.945. The molecule has 4 nitrogen and oxygen atoms in total. The van der Waals surface area contributed by atoms with Crippen LogP contribution in [0.15, 0.2) is 16.7 Å². The van der Waals surface area contributed by atoms with E-state index in [4.69, 9.17) is 0 Å². The van der Waals surface area contributed by atoms with Crippen molar-refractivity contribution in [2.24, 2.45) is 0 Å². The molecule has 16 heavy (non-hydrogen) atoms. The molecule has 0 saturated carbocycles. The van der Waals surface area contributed by atoms with Crippen LogP contribution >= 0.6 is 15.9 Å². The van der Waals surface area contributed by atoms with Gasteiger partial charge in [0, 0.05) is 24.3 Å². The van der Waals surface area contributed by atoms with Gasteiger partial charge in [-0.25, -0.2) is 4.98 Å². The number of pyridine rings is 1. The molecule has 0 bridgehead atoms. The first-order chi connectivity index (χ1) is 7.54. The quantitative estimate of drug-likeness (QED) is 0.916. The molecule has 0 radical (unpaired) electrons.